The molecule has 0 radical (unpaired) electrons. The van der Waals surface area contributed by atoms with Gasteiger partial charge in [-0.1, -0.05) is 24.3 Å². The molecule has 0 bridgehead atoms. The van der Waals surface area contributed by atoms with Crippen LogP contribution < -0.4 is 5.56 Å². The minimum Gasteiger partial charge on any atom is -0.294 e. The maximum Gasteiger partial charge on any atom is 0.283 e. The van der Waals surface area contributed by atoms with Crippen molar-refractivity contribution in [2.24, 2.45) is 0 Å². The Bertz CT molecular complexity index is 1360. The van der Waals surface area contributed by atoms with Gasteiger partial charge in [-0.2, -0.15) is 4.68 Å². The quantitative estimate of drug-likeness (QED) is 0.558. The van der Waals surface area contributed by atoms with E-state index in [1.165, 1.54) is 4.68 Å². The number of carbonyl (C=O) groups excluding carboxylic acids is 1. The third kappa shape index (κ3) is 2.85. The zero-order chi connectivity index (χ0) is 21.0. The van der Waals surface area contributed by atoms with Gasteiger partial charge < -0.3 is 0 Å². The van der Waals surface area contributed by atoms with Crippen molar-refractivity contribution >= 4 is 16.8 Å². The molecule has 0 aliphatic heterocycles. The second kappa shape index (κ2) is 6.73. The summed E-state index contributed by atoms with van der Waals surface area (Å²) in [5, 5.41) is 3.47. The number of nitrogens with one attached hydrogen (secondary N) is 1. The monoisotopic (exact) mass is 399 g/mol. The molecule has 150 valence electrons. The SMILES string of the molecule is Cc1cc(C)nc(-n2[nH]c3ncc4c(c3c2=O)C[C@@H](c2ccccc2C)CC4=O)n1. The van der Waals surface area contributed by atoms with Crippen molar-refractivity contribution in [2.75, 3.05) is 0 Å². The van der Waals surface area contributed by atoms with Crippen molar-refractivity contribution in [3.8, 4) is 5.95 Å². The fourth-order valence-electron chi connectivity index (χ4n) is 4.45. The summed E-state index contributed by atoms with van der Waals surface area (Å²) in [5.41, 5.74) is 5.30. The van der Waals surface area contributed by atoms with Crippen molar-refractivity contribution in [1.29, 1.82) is 0 Å². The highest BCUT2D eigenvalue weighted by atomic mass is 16.1. The summed E-state index contributed by atoms with van der Waals surface area (Å²) in [6, 6.07) is 9.95. The highest BCUT2D eigenvalue weighted by Gasteiger charge is 2.30. The molecular weight excluding hydrogens is 378 g/mol. The molecule has 0 unspecified atom stereocenters. The van der Waals surface area contributed by atoms with E-state index in [1.807, 2.05) is 32.0 Å². The molecule has 1 atom stereocenters. The Balaban J connectivity index is 1.70. The number of aryl methyl sites for hydroxylation is 3. The Labute approximate surface area is 172 Å². The van der Waals surface area contributed by atoms with Crippen LogP contribution in [0.1, 0.15) is 50.8 Å². The van der Waals surface area contributed by atoms with Crippen LogP contribution in [0.15, 0.2) is 41.3 Å². The van der Waals surface area contributed by atoms with Crippen LogP contribution in [-0.2, 0) is 6.42 Å². The van der Waals surface area contributed by atoms with E-state index >= 15 is 0 Å². The fraction of sp³-hybridized carbons (Fsp3) is 0.261. The van der Waals surface area contributed by atoms with Crippen LogP contribution in [0, 0.1) is 20.8 Å². The molecule has 7 nitrogen and oxygen atoms in total. The van der Waals surface area contributed by atoms with Gasteiger partial charge in [0.15, 0.2) is 11.4 Å². The van der Waals surface area contributed by atoms with Crippen molar-refractivity contribution in [3.05, 3.63) is 80.5 Å². The van der Waals surface area contributed by atoms with E-state index in [1.54, 1.807) is 6.20 Å². The van der Waals surface area contributed by atoms with Gasteiger partial charge in [-0.15, -0.1) is 0 Å². The molecule has 0 saturated carbocycles. The minimum absolute atomic E-state index is 0.0219. The fourth-order valence-corrected chi connectivity index (χ4v) is 4.45. The summed E-state index contributed by atoms with van der Waals surface area (Å²) in [6.07, 6.45) is 2.62. The standard InChI is InChI=1S/C23H21N5O2/c1-12-6-4-5-7-16(12)15-9-17-18(19(29)10-15)11-24-21-20(17)22(30)28(27-21)23-25-13(2)8-14(3)26-23/h4-8,11,15H,9-10H2,1-3H3,(H,24,27)/t15-/m1/s1. The second-order valence-electron chi connectivity index (χ2n) is 7.96. The highest BCUT2D eigenvalue weighted by molar-refractivity contribution is 6.02. The molecule has 0 saturated heterocycles. The lowest BCUT2D eigenvalue weighted by Crippen LogP contribution is -2.23. The predicted octanol–water partition coefficient (Wildman–Crippen LogP) is 3.34. The predicted molar refractivity (Wildman–Crippen MR) is 113 cm³/mol. The number of carbonyl (C=O) groups is 1. The van der Waals surface area contributed by atoms with E-state index in [0.29, 0.717) is 29.4 Å². The van der Waals surface area contributed by atoms with Gasteiger partial charge in [-0.25, -0.2) is 15.0 Å². The Morgan fingerprint density at radius 2 is 1.77 bits per heavy atom. The van der Waals surface area contributed by atoms with Crippen molar-refractivity contribution < 1.29 is 4.79 Å². The molecule has 30 heavy (non-hydrogen) atoms. The van der Waals surface area contributed by atoms with Crippen LogP contribution in [0.25, 0.3) is 17.0 Å². The van der Waals surface area contributed by atoms with Crippen molar-refractivity contribution in [2.45, 2.75) is 39.5 Å². The van der Waals surface area contributed by atoms with Crippen LogP contribution in [0.5, 0.6) is 0 Å². The first-order chi connectivity index (χ1) is 14.4. The van der Waals surface area contributed by atoms with E-state index in [2.05, 4.69) is 39.1 Å². The van der Waals surface area contributed by atoms with Gasteiger partial charge in [0.2, 0.25) is 0 Å². The van der Waals surface area contributed by atoms with Crippen LogP contribution in [0.2, 0.25) is 0 Å². The number of aromatic nitrogens is 5. The highest BCUT2D eigenvalue weighted by Crippen LogP contribution is 2.35. The Kier molecular flexibility index (Phi) is 4.13. The van der Waals surface area contributed by atoms with Crippen LogP contribution in [0.3, 0.4) is 0 Å². The number of hydrogen-bond acceptors (Lipinski definition) is 5. The third-order valence-corrected chi connectivity index (χ3v) is 5.80. The van der Waals surface area contributed by atoms with Gasteiger partial charge in [0, 0.05) is 29.6 Å². The average Bonchev–Trinajstić information content (AvgIpc) is 3.04. The molecule has 1 aliphatic rings. The maximum atomic E-state index is 13.3. The molecule has 7 heteroatoms. The molecular formula is C23H21N5O2. The number of hydrogen-bond donors (Lipinski definition) is 1. The number of aromatic amines is 1. The summed E-state index contributed by atoms with van der Waals surface area (Å²) in [7, 11) is 0. The number of ketones is 1. The average molecular weight is 399 g/mol. The Hall–Kier alpha value is -3.61. The van der Waals surface area contributed by atoms with E-state index in [9.17, 15) is 9.59 Å². The minimum atomic E-state index is -0.280. The summed E-state index contributed by atoms with van der Waals surface area (Å²) < 4.78 is 1.32. The lowest BCUT2D eigenvalue weighted by atomic mass is 9.78. The number of nitrogens with zero attached hydrogens (tertiary/aromatic N) is 4. The van der Waals surface area contributed by atoms with E-state index < -0.39 is 0 Å². The first-order valence-corrected chi connectivity index (χ1v) is 9.96. The number of H-pyrrole nitrogens is 1. The van der Waals surface area contributed by atoms with Gasteiger partial charge in [0.05, 0.1) is 5.39 Å². The molecule has 3 heterocycles. The maximum absolute atomic E-state index is 13.3. The number of benzene rings is 1. The molecule has 1 N–H and O–H groups in total. The van der Waals surface area contributed by atoms with E-state index in [-0.39, 0.29) is 23.2 Å². The summed E-state index contributed by atoms with van der Waals surface area (Å²) >= 11 is 0. The third-order valence-electron chi connectivity index (χ3n) is 5.80. The smallest absolute Gasteiger partial charge is 0.283 e. The Morgan fingerprint density at radius 3 is 2.50 bits per heavy atom. The number of pyridine rings is 1. The van der Waals surface area contributed by atoms with E-state index in [0.717, 1.165) is 28.1 Å². The van der Waals surface area contributed by atoms with Crippen LogP contribution in [-0.4, -0.2) is 30.5 Å². The van der Waals surface area contributed by atoms with Gasteiger partial charge >= 0.3 is 0 Å². The topological polar surface area (TPSA) is 93.5 Å². The molecule has 0 fully saturated rings. The van der Waals surface area contributed by atoms with Gasteiger partial charge in [0.1, 0.15) is 0 Å². The molecule has 1 aromatic carbocycles. The van der Waals surface area contributed by atoms with Gasteiger partial charge in [0.25, 0.3) is 11.5 Å². The first kappa shape index (κ1) is 18.4. The molecule has 4 aromatic rings. The Morgan fingerprint density at radius 1 is 1.03 bits per heavy atom. The zero-order valence-corrected chi connectivity index (χ0v) is 17.1. The normalized spacial score (nSPS) is 16.1. The summed E-state index contributed by atoms with van der Waals surface area (Å²) in [6.45, 7) is 5.77. The van der Waals surface area contributed by atoms with Crippen LogP contribution in [0.4, 0.5) is 0 Å². The second-order valence-corrected chi connectivity index (χ2v) is 7.96. The van der Waals surface area contributed by atoms with Gasteiger partial charge in [-0.3, -0.25) is 14.7 Å². The molecule has 5 rings (SSSR count). The summed E-state index contributed by atoms with van der Waals surface area (Å²) in [4.78, 5) is 39.4. The van der Waals surface area contributed by atoms with Crippen LogP contribution >= 0.6 is 0 Å². The van der Waals surface area contributed by atoms with Gasteiger partial charge in [-0.05, 0) is 55.9 Å². The first-order valence-electron chi connectivity index (χ1n) is 9.96. The van der Waals surface area contributed by atoms with Crippen molar-refractivity contribution in [1.82, 2.24) is 24.7 Å². The lowest BCUT2D eigenvalue weighted by Gasteiger charge is -2.25. The summed E-state index contributed by atoms with van der Waals surface area (Å²) in [5.74, 6) is 0.340. The number of fused-ring (bicyclic) bond motifs is 3. The largest absolute Gasteiger partial charge is 0.294 e. The molecule has 3 aromatic heterocycles. The van der Waals surface area contributed by atoms with Crippen molar-refractivity contribution in [3.63, 3.8) is 0 Å². The molecule has 1 aliphatic carbocycles. The molecule has 0 amide bonds. The molecule has 0 spiro atoms. The van der Waals surface area contributed by atoms with E-state index in [4.69, 9.17) is 0 Å². The number of rotatable bonds is 2. The number of Topliss-reactive ketones (excluding diaryl/α,β-unsaturated/α-hetero) is 1. The lowest BCUT2D eigenvalue weighted by molar-refractivity contribution is 0.0964. The zero-order valence-electron chi connectivity index (χ0n) is 17.1.